The molecule has 0 spiro atoms. The van der Waals surface area contributed by atoms with Crippen molar-refractivity contribution in [2.24, 2.45) is 0 Å². The topological polar surface area (TPSA) is 9.86 Å². The third kappa shape index (κ3) is 5.54. The summed E-state index contributed by atoms with van der Waals surface area (Å²) in [6.45, 7) is 0.103. The second kappa shape index (κ2) is 16.6. The quantitative estimate of drug-likeness (QED) is 0.163. The molecule has 0 fully saturated rings. The van der Waals surface area contributed by atoms with E-state index in [9.17, 15) is 0 Å². The van der Waals surface area contributed by atoms with Gasteiger partial charge in [0, 0.05) is 63.5 Å². The van der Waals surface area contributed by atoms with Crippen molar-refractivity contribution in [3.63, 3.8) is 0 Å². The Morgan fingerprint density at radius 3 is 1.07 bits per heavy atom. The van der Waals surface area contributed by atoms with E-state index in [4.69, 9.17) is 0 Å². The molecule has 4 aliphatic heterocycles. The molecule has 0 atom stereocenters. The standard InChI is InChI=1S/C80H46B2N2S2/c1-5-21-47(22-6-1)79(48-23-7-2-8-24-48)59-33-15-13-29-51(59)55-43-69-57(41-61(55)79)53-31-17-35-63-77(53)83(69)67-37-19-39-71-75(67)81(63)65-45-66-74(46-73(65)85-71)86-72-40-20-38-68-76(72)82(66)64-36-18-32-54-58-42-62-56(44-70(58)84(68)78(54)64)52-30-14-16-34-60(52)80(62,49-25-9-3-10-26-49)50-27-11-4-12-28-50/h1-46H. The fraction of sp³-hybridized carbons (Fsp3) is 0.0250. The van der Waals surface area contributed by atoms with E-state index < -0.39 is 10.8 Å². The summed E-state index contributed by atoms with van der Waals surface area (Å²) in [5.74, 6) is 0. The molecule has 2 nitrogen and oxygen atoms in total. The summed E-state index contributed by atoms with van der Waals surface area (Å²) in [5, 5.41) is 5.21. The summed E-state index contributed by atoms with van der Waals surface area (Å²) in [7, 11) is 0. The third-order valence-electron chi connectivity index (χ3n) is 20.8. The highest BCUT2D eigenvalue weighted by atomic mass is 32.2. The molecule has 6 heteroatoms. The van der Waals surface area contributed by atoms with Crippen molar-refractivity contribution in [1.82, 2.24) is 9.13 Å². The van der Waals surface area contributed by atoms with Crippen LogP contribution in [0.4, 0.5) is 0 Å². The second-order valence-electron chi connectivity index (χ2n) is 24.4. The first-order chi connectivity index (χ1) is 42.7. The van der Waals surface area contributed by atoms with E-state index in [-0.39, 0.29) is 13.4 Å². The smallest absolute Gasteiger partial charge is 0.249 e. The van der Waals surface area contributed by atoms with Gasteiger partial charge in [-0.2, -0.15) is 0 Å². The van der Waals surface area contributed by atoms with Crippen molar-refractivity contribution in [2.45, 2.75) is 30.4 Å². The van der Waals surface area contributed by atoms with Crippen LogP contribution in [0, 0.1) is 0 Å². The van der Waals surface area contributed by atoms with E-state index in [1.807, 2.05) is 23.5 Å². The maximum absolute atomic E-state index is 2.67. The first kappa shape index (κ1) is 46.6. The molecule has 6 heterocycles. The van der Waals surface area contributed by atoms with Gasteiger partial charge in [0.1, 0.15) is 0 Å². The van der Waals surface area contributed by atoms with E-state index in [1.165, 1.54) is 174 Å². The van der Waals surface area contributed by atoms with Gasteiger partial charge in [0.15, 0.2) is 0 Å². The minimum Gasteiger partial charge on any atom is -0.310 e. The second-order valence-corrected chi connectivity index (χ2v) is 26.6. The molecule has 13 aromatic carbocycles. The van der Waals surface area contributed by atoms with E-state index >= 15 is 0 Å². The Morgan fingerprint density at radius 1 is 0.267 bits per heavy atom. The SMILES string of the molecule is c1ccc(C2(c3ccccc3)c3ccccc3-c3cc4c(cc32)c2cccc3c2n4-c2cccc4c2B3c2cc3c(cc2S4)Sc2cccc4c2B3c2cccc3c5cc6c(cc5n-4c23)-c2ccccc2C6(c2ccccc2)c2ccccc2)cc1. The van der Waals surface area contributed by atoms with Crippen molar-refractivity contribution in [2.75, 3.05) is 0 Å². The molecule has 0 unspecified atom stereocenters. The fourth-order valence-electron chi connectivity index (χ4n) is 17.6. The first-order valence-electron chi connectivity index (χ1n) is 30.1. The van der Waals surface area contributed by atoms with Crippen LogP contribution < -0.4 is 32.8 Å². The van der Waals surface area contributed by atoms with Crippen molar-refractivity contribution >= 4 is 113 Å². The van der Waals surface area contributed by atoms with E-state index in [1.54, 1.807) is 0 Å². The first-order valence-corrected chi connectivity index (χ1v) is 31.8. The van der Waals surface area contributed by atoms with Crippen molar-refractivity contribution in [1.29, 1.82) is 0 Å². The average molecular weight is 1120 g/mol. The van der Waals surface area contributed by atoms with Crippen LogP contribution in [-0.2, 0) is 10.8 Å². The predicted octanol–water partition coefficient (Wildman–Crippen LogP) is 15.2. The molecule has 2 aliphatic carbocycles. The lowest BCUT2D eigenvalue weighted by molar-refractivity contribution is 0.769. The normalized spacial score (nSPS) is 15.0. The number of hydrogen-bond donors (Lipinski definition) is 0. The fourth-order valence-corrected chi connectivity index (χ4v) is 20.1. The summed E-state index contributed by atoms with van der Waals surface area (Å²) in [6.07, 6.45) is 0. The molecule has 21 rings (SSSR count). The Labute approximate surface area is 506 Å². The number of aromatic nitrogens is 2. The average Bonchev–Trinajstić information content (AvgIpc) is 1.51. The molecule has 6 aliphatic rings. The van der Waals surface area contributed by atoms with Gasteiger partial charge in [0.2, 0.25) is 13.4 Å². The zero-order valence-electron chi connectivity index (χ0n) is 46.4. The molecule has 394 valence electrons. The van der Waals surface area contributed by atoms with Crippen LogP contribution in [-0.4, -0.2) is 22.6 Å². The van der Waals surface area contributed by atoms with Gasteiger partial charge in [-0.3, -0.25) is 0 Å². The third-order valence-corrected chi connectivity index (χ3v) is 23.1. The molecule has 15 aromatic rings. The summed E-state index contributed by atoms with van der Waals surface area (Å²) < 4.78 is 5.29. The highest BCUT2D eigenvalue weighted by molar-refractivity contribution is 8.01. The maximum atomic E-state index is 2.67. The van der Waals surface area contributed by atoms with Gasteiger partial charge < -0.3 is 9.13 Å². The number of rotatable bonds is 4. The highest BCUT2D eigenvalue weighted by Gasteiger charge is 2.50. The van der Waals surface area contributed by atoms with Crippen LogP contribution in [0.15, 0.2) is 299 Å². The van der Waals surface area contributed by atoms with Crippen LogP contribution in [0.25, 0.3) is 77.2 Å². The summed E-state index contributed by atoms with van der Waals surface area (Å²) in [4.78, 5) is 5.40. The van der Waals surface area contributed by atoms with E-state index in [0.29, 0.717) is 0 Å². The summed E-state index contributed by atoms with van der Waals surface area (Å²) in [5.41, 5.74) is 30.9. The Hall–Kier alpha value is -9.71. The molecule has 2 aromatic heterocycles. The van der Waals surface area contributed by atoms with Gasteiger partial charge in [-0.15, -0.1) is 0 Å². The summed E-state index contributed by atoms with van der Waals surface area (Å²) >= 11 is 3.93. The molecule has 0 saturated heterocycles. The summed E-state index contributed by atoms with van der Waals surface area (Å²) in [6, 6.07) is 107. The minimum atomic E-state index is -0.489. The Kier molecular flexibility index (Phi) is 8.99. The van der Waals surface area contributed by atoms with Crippen molar-refractivity contribution < 1.29 is 0 Å². The van der Waals surface area contributed by atoms with E-state index in [2.05, 4.69) is 288 Å². The molecule has 0 amide bonds. The van der Waals surface area contributed by atoms with Crippen molar-refractivity contribution in [3.8, 4) is 33.6 Å². The van der Waals surface area contributed by atoms with Gasteiger partial charge in [-0.1, -0.05) is 259 Å². The van der Waals surface area contributed by atoms with Crippen LogP contribution in [0.5, 0.6) is 0 Å². The number of fused-ring (bicyclic) bond motifs is 20. The largest absolute Gasteiger partial charge is 0.310 e. The molecular formula is C80H46B2N2S2. The lowest BCUT2D eigenvalue weighted by Gasteiger charge is -2.37. The zero-order chi connectivity index (χ0) is 55.7. The highest BCUT2D eigenvalue weighted by Crippen LogP contribution is 2.60. The van der Waals surface area contributed by atoms with Gasteiger partial charge in [0.05, 0.1) is 21.9 Å². The number of benzene rings is 13. The van der Waals surface area contributed by atoms with Crippen LogP contribution in [0.2, 0.25) is 0 Å². The van der Waals surface area contributed by atoms with Gasteiger partial charge >= 0.3 is 0 Å². The number of para-hydroxylation sites is 2. The molecule has 86 heavy (non-hydrogen) atoms. The Morgan fingerprint density at radius 2 is 0.651 bits per heavy atom. The lowest BCUT2D eigenvalue weighted by Crippen LogP contribution is -2.62. The molecule has 0 bridgehead atoms. The molecular weight excluding hydrogens is 1070 g/mol. The number of hydrogen-bond acceptors (Lipinski definition) is 2. The van der Waals surface area contributed by atoms with Crippen LogP contribution >= 0.6 is 23.5 Å². The molecule has 0 saturated carbocycles. The molecule has 0 N–H and O–H groups in total. The van der Waals surface area contributed by atoms with E-state index in [0.717, 1.165) is 0 Å². The Bertz CT molecular complexity index is 5130. The maximum Gasteiger partial charge on any atom is 0.249 e. The zero-order valence-corrected chi connectivity index (χ0v) is 48.1. The minimum absolute atomic E-state index is 0.0517. The van der Waals surface area contributed by atoms with Gasteiger partial charge in [-0.25, -0.2) is 0 Å². The monoisotopic (exact) mass is 1120 g/mol. The Balaban J connectivity index is 0.785. The van der Waals surface area contributed by atoms with Gasteiger partial charge in [0.25, 0.3) is 0 Å². The number of nitrogens with zero attached hydrogens (tertiary/aromatic N) is 2. The van der Waals surface area contributed by atoms with Crippen LogP contribution in [0.1, 0.15) is 44.5 Å². The molecule has 0 radical (unpaired) electrons. The van der Waals surface area contributed by atoms with Gasteiger partial charge in [-0.05, 0) is 143 Å². The van der Waals surface area contributed by atoms with Crippen molar-refractivity contribution in [3.05, 3.63) is 324 Å². The predicted molar refractivity (Wildman–Crippen MR) is 360 cm³/mol. The van der Waals surface area contributed by atoms with Crippen LogP contribution in [0.3, 0.4) is 0 Å². The lowest BCUT2D eigenvalue weighted by atomic mass is 9.32.